The van der Waals surface area contributed by atoms with E-state index in [1.54, 1.807) is 0 Å². The van der Waals surface area contributed by atoms with Crippen molar-refractivity contribution >= 4 is 49.2 Å². The predicted octanol–water partition coefficient (Wildman–Crippen LogP) is 5.17. The van der Waals surface area contributed by atoms with Crippen molar-refractivity contribution in [2.24, 2.45) is 0 Å². The lowest BCUT2D eigenvalue weighted by Crippen LogP contribution is -2.32. The van der Waals surface area contributed by atoms with Crippen molar-refractivity contribution in [1.29, 1.82) is 0 Å². The zero-order chi connectivity index (χ0) is 12.0. The van der Waals surface area contributed by atoms with Crippen LogP contribution in [0, 0.1) is 0 Å². The summed E-state index contributed by atoms with van der Waals surface area (Å²) in [6.45, 7) is 0. The lowest BCUT2D eigenvalue weighted by atomic mass is 10.00. The standard InChI is InChI=1S/C12H19Br2ClO/c13-10-8-6-4-2-1-3-5-7-9-12(14,15)11(10)16/h10H,1-9H2. The summed E-state index contributed by atoms with van der Waals surface area (Å²) in [5, 5.41) is 0. The normalized spacial score (nSPS) is 35.2. The minimum atomic E-state index is -0.847. The lowest BCUT2D eigenvalue weighted by molar-refractivity contribution is -0.119. The molecular formula is C12H19Br2ClO. The second-order valence-corrected chi connectivity index (χ2v) is 8.11. The van der Waals surface area contributed by atoms with E-state index in [2.05, 4.69) is 31.9 Å². The molecule has 1 saturated carbocycles. The van der Waals surface area contributed by atoms with Crippen LogP contribution in [0.2, 0.25) is 0 Å². The van der Waals surface area contributed by atoms with Crippen LogP contribution in [0.4, 0.5) is 0 Å². The Kier molecular flexibility index (Phi) is 6.91. The molecule has 0 spiro atoms. The average molecular weight is 375 g/mol. The molecule has 1 rings (SSSR count). The molecule has 1 aliphatic carbocycles. The van der Waals surface area contributed by atoms with Gasteiger partial charge in [-0.05, 0) is 12.8 Å². The SMILES string of the molecule is O=C1C(Br)CCCCCCCCCC1(Cl)Br. The number of alkyl halides is 3. The maximum absolute atomic E-state index is 12.1. The van der Waals surface area contributed by atoms with Crippen LogP contribution in [-0.4, -0.2) is 14.4 Å². The van der Waals surface area contributed by atoms with E-state index in [0.717, 1.165) is 25.7 Å². The van der Waals surface area contributed by atoms with Gasteiger partial charge in [-0.15, -0.1) is 0 Å². The fraction of sp³-hybridized carbons (Fsp3) is 0.917. The van der Waals surface area contributed by atoms with Gasteiger partial charge in [0, 0.05) is 0 Å². The summed E-state index contributed by atoms with van der Waals surface area (Å²) in [5.74, 6) is 0.0924. The highest BCUT2D eigenvalue weighted by Crippen LogP contribution is 2.35. The fourth-order valence-electron chi connectivity index (χ4n) is 2.04. The molecule has 2 atom stereocenters. The van der Waals surface area contributed by atoms with Crippen LogP contribution in [0.1, 0.15) is 57.8 Å². The van der Waals surface area contributed by atoms with E-state index in [1.807, 2.05) is 0 Å². The summed E-state index contributed by atoms with van der Waals surface area (Å²) in [6.07, 6.45) is 10.1. The van der Waals surface area contributed by atoms with Gasteiger partial charge in [0.15, 0.2) is 9.57 Å². The Bertz CT molecular complexity index is 231. The second kappa shape index (κ2) is 7.38. The molecule has 0 saturated heterocycles. The Hall–Kier alpha value is 0.920. The minimum Gasteiger partial charge on any atom is -0.295 e. The molecule has 2 unspecified atom stereocenters. The van der Waals surface area contributed by atoms with Gasteiger partial charge in [-0.3, -0.25) is 4.79 Å². The summed E-state index contributed by atoms with van der Waals surface area (Å²) in [4.78, 5) is 12.0. The largest absolute Gasteiger partial charge is 0.295 e. The van der Waals surface area contributed by atoms with Gasteiger partial charge in [0.05, 0.1) is 4.83 Å². The number of ketones is 1. The van der Waals surface area contributed by atoms with Crippen LogP contribution in [0.5, 0.6) is 0 Å². The van der Waals surface area contributed by atoms with Crippen molar-refractivity contribution in [3.63, 3.8) is 0 Å². The molecule has 0 bridgehead atoms. The maximum atomic E-state index is 12.1. The number of hydrogen-bond donors (Lipinski definition) is 0. The van der Waals surface area contributed by atoms with Crippen molar-refractivity contribution in [3.8, 4) is 0 Å². The Morgan fingerprint density at radius 1 is 1.06 bits per heavy atom. The lowest BCUT2D eigenvalue weighted by Gasteiger charge is -2.22. The van der Waals surface area contributed by atoms with E-state index in [1.165, 1.54) is 32.1 Å². The molecule has 1 nitrogen and oxygen atoms in total. The van der Waals surface area contributed by atoms with Crippen LogP contribution < -0.4 is 0 Å². The quantitative estimate of drug-likeness (QED) is 0.534. The van der Waals surface area contributed by atoms with Crippen molar-refractivity contribution in [2.75, 3.05) is 0 Å². The van der Waals surface area contributed by atoms with E-state index >= 15 is 0 Å². The fourth-order valence-corrected chi connectivity index (χ4v) is 4.01. The van der Waals surface area contributed by atoms with Gasteiger partial charge >= 0.3 is 0 Å². The predicted molar refractivity (Wildman–Crippen MR) is 76.8 cm³/mol. The molecule has 0 N–H and O–H groups in total. The van der Waals surface area contributed by atoms with Gasteiger partial charge in [-0.1, -0.05) is 88.4 Å². The topological polar surface area (TPSA) is 17.1 Å². The van der Waals surface area contributed by atoms with Crippen LogP contribution in [-0.2, 0) is 4.79 Å². The summed E-state index contributed by atoms with van der Waals surface area (Å²) in [5.41, 5.74) is 0. The van der Waals surface area contributed by atoms with Crippen molar-refractivity contribution < 1.29 is 4.79 Å². The highest BCUT2D eigenvalue weighted by atomic mass is 79.9. The molecular weight excluding hydrogens is 355 g/mol. The Labute approximate surface area is 120 Å². The van der Waals surface area contributed by atoms with Gasteiger partial charge in [-0.2, -0.15) is 0 Å². The Morgan fingerprint density at radius 2 is 1.56 bits per heavy atom. The van der Waals surface area contributed by atoms with Crippen LogP contribution >= 0.6 is 43.5 Å². The van der Waals surface area contributed by atoms with Crippen molar-refractivity contribution in [1.82, 2.24) is 0 Å². The number of carbonyl (C=O) groups is 1. The van der Waals surface area contributed by atoms with Crippen LogP contribution in [0.25, 0.3) is 0 Å². The molecule has 0 heterocycles. The molecule has 0 aromatic heterocycles. The number of rotatable bonds is 0. The van der Waals surface area contributed by atoms with Gasteiger partial charge < -0.3 is 0 Å². The first-order valence-corrected chi connectivity index (χ1v) is 8.19. The zero-order valence-corrected chi connectivity index (χ0v) is 13.4. The van der Waals surface area contributed by atoms with Gasteiger partial charge in [-0.25, -0.2) is 0 Å². The molecule has 0 amide bonds. The van der Waals surface area contributed by atoms with E-state index in [9.17, 15) is 4.79 Å². The number of hydrogen-bond acceptors (Lipinski definition) is 1. The number of halogens is 3. The van der Waals surface area contributed by atoms with Gasteiger partial charge in [0.25, 0.3) is 0 Å². The molecule has 0 aromatic rings. The summed E-state index contributed by atoms with van der Waals surface area (Å²) < 4.78 is -0.847. The molecule has 94 valence electrons. The number of Topliss-reactive ketones (excluding diaryl/α,β-unsaturated/α-hetero) is 1. The molecule has 0 aromatic carbocycles. The zero-order valence-electron chi connectivity index (χ0n) is 9.48. The first-order chi connectivity index (χ1) is 7.54. The molecule has 4 heteroatoms. The van der Waals surface area contributed by atoms with E-state index in [-0.39, 0.29) is 10.6 Å². The van der Waals surface area contributed by atoms with Crippen LogP contribution in [0.3, 0.4) is 0 Å². The molecule has 1 fully saturated rings. The smallest absolute Gasteiger partial charge is 0.178 e. The summed E-state index contributed by atoms with van der Waals surface area (Å²) >= 11 is 13.1. The van der Waals surface area contributed by atoms with Crippen molar-refractivity contribution in [2.45, 2.75) is 66.4 Å². The second-order valence-electron chi connectivity index (χ2n) is 4.55. The number of carbonyl (C=O) groups excluding carboxylic acids is 1. The summed E-state index contributed by atoms with van der Waals surface area (Å²) in [6, 6.07) is 0. The Balaban J connectivity index is 2.55. The first kappa shape index (κ1) is 15.0. The highest BCUT2D eigenvalue weighted by molar-refractivity contribution is 9.11. The average Bonchev–Trinajstić information content (AvgIpc) is 2.24. The summed E-state index contributed by atoms with van der Waals surface area (Å²) in [7, 11) is 0. The van der Waals surface area contributed by atoms with E-state index in [0.29, 0.717) is 0 Å². The third kappa shape index (κ3) is 5.05. The third-order valence-electron chi connectivity index (χ3n) is 3.09. The maximum Gasteiger partial charge on any atom is 0.178 e. The molecule has 1 aliphatic rings. The molecule has 16 heavy (non-hydrogen) atoms. The van der Waals surface area contributed by atoms with Gasteiger partial charge in [0.2, 0.25) is 0 Å². The minimum absolute atomic E-state index is 0.0924. The first-order valence-electron chi connectivity index (χ1n) is 6.10. The van der Waals surface area contributed by atoms with Gasteiger partial charge in [0.1, 0.15) is 0 Å². The monoisotopic (exact) mass is 372 g/mol. The third-order valence-corrected chi connectivity index (χ3v) is 5.13. The van der Waals surface area contributed by atoms with Crippen molar-refractivity contribution in [3.05, 3.63) is 0 Å². The molecule has 0 aliphatic heterocycles. The van der Waals surface area contributed by atoms with E-state index in [4.69, 9.17) is 11.6 Å². The van der Waals surface area contributed by atoms with E-state index < -0.39 is 3.78 Å². The van der Waals surface area contributed by atoms with Crippen LogP contribution in [0.15, 0.2) is 0 Å². The molecule has 0 radical (unpaired) electrons. The Morgan fingerprint density at radius 3 is 2.19 bits per heavy atom. The highest BCUT2D eigenvalue weighted by Gasteiger charge is 2.36.